The fourth-order valence-electron chi connectivity index (χ4n) is 2.90. The van der Waals surface area contributed by atoms with Crippen LogP contribution in [0.15, 0.2) is 41.4 Å². The van der Waals surface area contributed by atoms with Crippen LogP contribution in [0.1, 0.15) is 18.4 Å². The number of aryl methyl sites for hydroxylation is 1. The summed E-state index contributed by atoms with van der Waals surface area (Å²) in [6, 6.07) is 8.35. The molecule has 0 bridgehead atoms. The number of hydrogen-bond acceptors (Lipinski definition) is 6. The first-order valence-electron chi connectivity index (χ1n) is 8.10. The van der Waals surface area contributed by atoms with E-state index in [-0.39, 0.29) is 11.0 Å². The van der Waals surface area contributed by atoms with Crippen molar-refractivity contribution in [1.29, 1.82) is 0 Å². The lowest BCUT2D eigenvalue weighted by molar-refractivity contribution is 0.123. The summed E-state index contributed by atoms with van der Waals surface area (Å²) >= 11 is 0. The summed E-state index contributed by atoms with van der Waals surface area (Å²) in [4.78, 5) is 0.269. The van der Waals surface area contributed by atoms with Gasteiger partial charge in [-0.15, -0.1) is 5.10 Å². The van der Waals surface area contributed by atoms with Gasteiger partial charge < -0.3 is 9.47 Å². The van der Waals surface area contributed by atoms with Crippen molar-refractivity contribution in [3.8, 4) is 11.6 Å². The van der Waals surface area contributed by atoms with E-state index < -0.39 is 10.0 Å². The highest BCUT2D eigenvalue weighted by atomic mass is 32.2. The number of aromatic nitrogens is 2. The van der Waals surface area contributed by atoms with E-state index in [1.807, 2.05) is 6.92 Å². The van der Waals surface area contributed by atoms with Crippen LogP contribution in [0.3, 0.4) is 0 Å². The number of ether oxygens (including phenoxy) is 2. The molecule has 7 nitrogen and oxygen atoms in total. The average molecular weight is 363 g/mol. The van der Waals surface area contributed by atoms with Gasteiger partial charge in [0.05, 0.1) is 18.6 Å². The zero-order valence-electron chi connectivity index (χ0n) is 14.3. The number of nitrogens with zero attached hydrogens (tertiary/aromatic N) is 3. The first-order chi connectivity index (χ1) is 12.0. The maximum absolute atomic E-state index is 12.9. The van der Waals surface area contributed by atoms with Crippen LogP contribution < -0.4 is 9.47 Å². The van der Waals surface area contributed by atoms with Gasteiger partial charge in [-0.25, -0.2) is 8.42 Å². The Bertz CT molecular complexity index is 827. The number of sulfonamides is 1. The molecule has 1 aliphatic rings. The molecule has 0 saturated carbocycles. The van der Waals surface area contributed by atoms with Gasteiger partial charge in [0, 0.05) is 18.8 Å². The van der Waals surface area contributed by atoms with E-state index in [0.717, 1.165) is 18.4 Å². The van der Waals surface area contributed by atoms with Crippen LogP contribution in [0.25, 0.3) is 0 Å². The summed E-state index contributed by atoms with van der Waals surface area (Å²) in [5, 5.41) is 7.67. The monoisotopic (exact) mass is 363 g/mol. The first kappa shape index (κ1) is 17.6. The molecule has 2 heterocycles. The summed E-state index contributed by atoms with van der Waals surface area (Å²) in [6.45, 7) is 2.60. The van der Waals surface area contributed by atoms with Gasteiger partial charge in [-0.3, -0.25) is 0 Å². The minimum absolute atomic E-state index is 0.237. The molecular weight excluding hydrogens is 342 g/mol. The van der Waals surface area contributed by atoms with E-state index in [1.54, 1.807) is 43.6 Å². The smallest absolute Gasteiger partial charge is 0.243 e. The molecule has 2 aromatic rings. The minimum Gasteiger partial charge on any atom is -0.496 e. The van der Waals surface area contributed by atoms with Gasteiger partial charge in [-0.2, -0.15) is 9.40 Å². The maximum atomic E-state index is 12.9. The van der Waals surface area contributed by atoms with Crippen molar-refractivity contribution in [2.75, 3.05) is 20.2 Å². The van der Waals surface area contributed by atoms with Crippen LogP contribution >= 0.6 is 0 Å². The predicted molar refractivity (Wildman–Crippen MR) is 92.2 cm³/mol. The second kappa shape index (κ2) is 7.37. The van der Waals surface area contributed by atoms with E-state index in [9.17, 15) is 8.42 Å². The van der Waals surface area contributed by atoms with Gasteiger partial charge in [0.1, 0.15) is 11.9 Å². The van der Waals surface area contributed by atoms with Crippen LogP contribution in [0.2, 0.25) is 0 Å². The van der Waals surface area contributed by atoms with Crippen LogP contribution in [0, 0.1) is 6.92 Å². The van der Waals surface area contributed by atoms with Crippen LogP contribution in [-0.4, -0.2) is 49.2 Å². The summed E-state index contributed by atoms with van der Waals surface area (Å²) in [5.74, 6) is 1.08. The van der Waals surface area contributed by atoms with Gasteiger partial charge in [-0.05, 0) is 49.6 Å². The molecule has 1 saturated heterocycles. The third kappa shape index (κ3) is 3.91. The highest BCUT2D eigenvalue weighted by Crippen LogP contribution is 2.26. The Morgan fingerprint density at radius 1 is 1.28 bits per heavy atom. The summed E-state index contributed by atoms with van der Waals surface area (Å²) in [5.41, 5.74) is 0.785. The summed E-state index contributed by atoms with van der Waals surface area (Å²) in [6.07, 6.45) is 2.85. The lowest BCUT2D eigenvalue weighted by atomic mass is 10.1. The highest BCUT2D eigenvalue weighted by molar-refractivity contribution is 7.89. The van der Waals surface area contributed by atoms with Crippen molar-refractivity contribution in [3.63, 3.8) is 0 Å². The Hall–Kier alpha value is -2.19. The quantitative estimate of drug-likeness (QED) is 0.808. The van der Waals surface area contributed by atoms with Crippen LogP contribution in [0.5, 0.6) is 11.6 Å². The molecule has 0 radical (unpaired) electrons. The van der Waals surface area contributed by atoms with Gasteiger partial charge in [0.25, 0.3) is 0 Å². The highest BCUT2D eigenvalue weighted by Gasteiger charge is 2.31. The van der Waals surface area contributed by atoms with Crippen molar-refractivity contribution in [1.82, 2.24) is 14.5 Å². The number of piperidine rings is 1. The molecule has 1 fully saturated rings. The van der Waals surface area contributed by atoms with E-state index in [1.165, 1.54) is 4.31 Å². The zero-order chi connectivity index (χ0) is 17.9. The molecular formula is C17H21N3O4S. The molecule has 1 aromatic carbocycles. The Morgan fingerprint density at radius 3 is 2.80 bits per heavy atom. The van der Waals surface area contributed by atoms with Gasteiger partial charge in [0.2, 0.25) is 15.9 Å². The van der Waals surface area contributed by atoms with E-state index in [4.69, 9.17) is 9.47 Å². The molecule has 1 aliphatic heterocycles. The van der Waals surface area contributed by atoms with Gasteiger partial charge in [-0.1, -0.05) is 0 Å². The zero-order valence-corrected chi connectivity index (χ0v) is 15.1. The number of methoxy groups -OCH3 is 1. The minimum atomic E-state index is -3.57. The second-order valence-corrected chi connectivity index (χ2v) is 7.88. The Morgan fingerprint density at radius 2 is 2.12 bits per heavy atom. The largest absolute Gasteiger partial charge is 0.496 e. The van der Waals surface area contributed by atoms with E-state index in [2.05, 4.69) is 10.2 Å². The Balaban J connectivity index is 1.76. The fraction of sp³-hybridized carbons (Fsp3) is 0.412. The summed E-state index contributed by atoms with van der Waals surface area (Å²) < 4.78 is 38.3. The topological polar surface area (TPSA) is 81.6 Å². The van der Waals surface area contributed by atoms with Gasteiger partial charge >= 0.3 is 0 Å². The SMILES string of the molecule is COc1ccc(S(=O)(=O)N2CCCC(Oc3cccnn3)C2)cc1C. The normalized spacial score (nSPS) is 18.7. The average Bonchev–Trinajstić information content (AvgIpc) is 2.62. The molecule has 0 N–H and O–H groups in total. The van der Waals surface area contributed by atoms with Crippen molar-refractivity contribution < 1.29 is 17.9 Å². The van der Waals surface area contributed by atoms with Crippen LogP contribution in [-0.2, 0) is 10.0 Å². The second-order valence-electron chi connectivity index (χ2n) is 5.94. The molecule has 1 unspecified atom stereocenters. The molecule has 134 valence electrons. The molecule has 0 spiro atoms. The third-order valence-electron chi connectivity index (χ3n) is 4.18. The lowest BCUT2D eigenvalue weighted by Gasteiger charge is -2.31. The molecule has 3 rings (SSSR count). The lowest BCUT2D eigenvalue weighted by Crippen LogP contribution is -2.44. The number of hydrogen-bond donors (Lipinski definition) is 0. The standard InChI is InChI=1S/C17H21N3O4S/c1-13-11-15(7-8-16(13)23-2)25(21,22)20-10-4-5-14(12-20)24-17-6-3-9-18-19-17/h3,6-9,11,14H,4-5,10,12H2,1-2H3. The fourth-order valence-corrected chi connectivity index (χ4v) is 4.50. The Kier molecular flexibility index (Phi) is 5.19. The number of rotatable bonds is 5. The molecule has 25 heavy (non-hydrogen) atoms. The van der Waals surface area contributed by atoms with Crippen molar-refractivity contribution in [2.24, 2.45) is 0 Å². The van der Waals surface area contributed by atoms with Gasteiger partial charge in [0.15, 0.2) is 0 Å². The Labute approximate surface area is 147 Å². The number of benzene rings is 1. The third-order valence-corrected chi connectivity index (χ3v) is 6.04. The first-order valence-corrected chi connectivity index (χ1v) is 9.54. The summed E-state index contributed by atoms with van der Waals surface area (Å²) in [7, 11) is -2.01. The molecule has 1 aromatic heterocycles. The molecule has 0 aliphatic carbocycles. The van der Waals surface area contributed by atoms with E-state index in [0.29, 0.717) is 24.7 Å². The van der Waals surface area contributed by atoms with Crippen molar-refractivity contribution in [2.45, 2.75) is 30.8 Å². The van der Waals surface area contributed by atoms with Crippen molar-refractivity contribution in [3.05, 3.63) is 42.1 Å². The molecule has 1 atom stereocenters. The molecule has 0 amide bonds. The maximum Gasteiger partial charge on any atom is 0.243 e. The van der Waals surface area contributed by atoms with Crippen molar-refractivity contribution >= 4 is 10.0 Å². The molecule has 8 heteroatoms. The van der Waals surface area contributed by atoms with E-state index >= 15 is 0 Å². The predicted octanol–water partition coefficient (Wildman–Crippen LogP) is 2.03. The van der Waals surface area contributed by atoms with Crippen LogP contribution in [0.4, 0.5) is 0 Å².